The molecule has 1 unspecified atom stereocenters. The van der Waals surface area contributed by atoms with Gasteiger partial charge in [-0.25, -0.2) is 0 Å². The molecule has 0 N–H and O–H groups in total. The smallest absolute Gasteiger partial charge is 0.0469 e. The first-order valence-corrected chi connectivity index (χ1v) is 7.95. The van der Waals surface area contributed by atoms with Crippen LogP contribution in [0.1, 0.15) is 59.3 Å². The average Bonchev–Trinajstić information content (AvgIpc) is 2.40. The van der Waals surface area contributed by atoms with Crippen molar-refractivity contribution in [1.29, 1.82) is 0 Å². The maximum absolute atomic E-state index is 5.49. The average molecular weight is 253 g/mol. The van der Waals surface area contributed by atoms with Gasteiger partial charge in [-0.15, -0.1) is 0 Å². The van der Waals surface area contributed by atoms with Crippen LogP contribution in [0.25, 0.3) is 0 Å². The van der Waals surface area contributed by atoms with Gasteiger partial charge < -0.3 is 4.74 Å². The van der Waals surface area contributed by atoms with E-state index in [2.05, 4.69) is 25.7 Å². The number of ether oxygens (including phenoxy) is 1. The maximum atomic E-state index is 5.49. The van der Waals surface area contributed by atoms with E-state index in [1.807, 2.05) is 0 Å². The first-order chi connectivity index (χ1) is 8.63. The highest BCUT2D eigenvalue weighted by atomic mass is 16.5. The van der Waals surface area contributed by atoms with Crippen LogP contribution < -0.4 is 0 Å². The van der Waals surface area contributed by atoms with Gasteiger partial charge in [-0.2, -0.15) is 0 Å². The molecule has 2 heteroatoms. The van der Waals surface area contributed by atoms with Crippen molar-refractivity contribution in [1.82, 2.24) is 4.90 Å². The molecule has 2 saturated heterocycles. The van der Waals surface area contributed by atoms with E-state index in [9.17, 15) is 0 Å². The summed E-state index contributed by atoms with van der Waals surface area (Å²) in [5, 5.41) is 0. The minimum atomic E-state index is 0.478. The molecule has 0 aromatic heterocycles. The van der Waals surface area contributed by atoms with Crippen molar-refractivity contribution in [3.63, 3.8) is 0 Å². The molecule has 1 atom stereocenters. The summed E-state index contributed by atoms with van der Waals surface area (Å²) in [6.07, 6.45) is 8.08. The second kappa shape index (κ2) is 6.38. The predicted molar refractivity (Wildman–Crippen MR) is 76.8 cm³/mol. The van der Waals surface area contributed by atoms with Gasteiger partial charge in [-0.1, -0.05) is 27.2 Å². The number of hydrogen-bond donors (Lipinski definition) is 0. The zero-order chi connectivity index (χ0) is 13.0. The molecule has 0 aromatic carbocycles. The molecule has 2 aliphatic rings. The summed E-state index contributed by atoms with van der Waals surface area (Å²) in [6, 6.07) is 0.805. The normalized spacial score (nSPS) is 28.5. The highest BCUT2D eigenvalue weighted by molar-refractivity contribution is 4.89. The van der Waals surface area contributed by atoms with Crippen LogP contribution in [0.4, 0.5) is 0 Å². The Kier molecular flexibility index (Phi) is 5.08. The summed E-state index contributed by atoms with van der Waals surface area (Å²) in [6.45, 7) is 11.9. The van der Waals surface area contributed by atoms with Gasteiger partial charge in [-0.05, 0) is 50.0 Å². The molecule has 0 radical (unpaired) electrons. The Balaban J connectivity index is 1.94. The van der Waals surface area contributed by atoms with E-state index in [1.165, 1.54) is 51.6 Å². The van der Waals surface area contributed by atoms with E-state index in [0.717, 1.165) is 25.2 Å². The van der Waals surface area contributed by atoms with Crippen molar-refractivity contribution in [3.8, 4) is 0 Å². The third-order valence-corrected chi connectivity index (χ3v) is 5.26. The number of rotatable bonds is 4. The third kappa shape index (κ3) is 3.48. The molecule has 0 bridgehead atoms. The fourth-order valence-electron chi connectivity index (χ4n) is 3.59. The molecule has 0 amide bonds. The monoisotopic (exact) mass is 253 g/mol. The van der Waals surface area contributed by atoms with Crippen LogP contribution in [0.3, 0.4) is 0 Å². The molecule has 2 aliphatic heterocycles. The van der Waals surface area contributed by atoms with E-state index in [-0.39, 0.29) is 0 Å². The molecule has 2 fully saturated rings. The van der Waals surface area contributed by atoms with E-state index < -0.39 is 0 Å². The lowest BCUT2D eigenvalue weighted by molar-refractivity contribution is 0.00866. The second-order valence-corrected chi connectivity index (χ2v) is 6.90. The molecule has 2 nitrogen and oxygen atoms in total. The number of piperidine rings is 1. The first-order valence-electron chi connectivity index (χ1n) is 7.95. The van der Waals surface area contributed by atoms with Crippen molar-refractivity contribution in [2.75, 3.05) is 26.3 Å². The molecule has 2 rings (SSSR count). The minimum Gasteiger partial charge on any atom is -0.381 e. The summed E-state index contributed by atoms with van der Waals surface area (Å²) in [4.78, 5) is 2.81. The zero-order valence-electron chi connectivity index (χ0n) is 12.6. The van der Waals surface area contributed by atoms with Crippen molar-refractivity contribution in [2.45, 2.75) is 65.3 Å². The summed E-state index contributed by atoms with van der Waals surface area (Å²) in [7, 11) is 0. The summed E-state index contributed by atoms with van der Waals surface area (Å²) in [5.41, 5.74) is 0.478. The van der Waals surface area contributed by atoms with E-state index >= 15 is 0 Å². The summed E-state index contributed by atoms with van der Waals surface area (Å²) < 4.78 is 5.49. The number of likely N-dealkylation sites (tertiary alicyclic amines) is 1. The molecular weight excluding hydrogens is 222 g/mol. The summed E-state index contributed by atoms with van der Waals surface area (Å²) >= 11 is 0. The van der Waals surface area contributed by atoms with Crippen molar-refractivity contribution in [3.05, 3.63) is 0 Å². The molecular formula is C16H31NO. The van der Waals surface area contributed by atoms with Gasteiger partial charge >= 0.3 is 0 Å². The molecule has 0 spiro atoms. The van der Waals surface area contributed by atoms with Gasteiger partial charge in [0.05, 0.1) is 0 Å². The highest BCUT2D eigenvalue weighted by Gasteiger charge is 2.35. The van der Waals surface area contributed by atoms with Crippen molar-refractivity contribution in [2.24, 2.45) is 11.3 Å². The Morgan fingerprint density at radius 3 is 2.50 bits per heavy atom. The minimum absolute atomic E-state index is 0.478. The van der Waals surface area contributed by atoms with E-state index in [0.29, 0.717) is 5.41 Å². The zero-order valence-corrected chi connectivity index (χ0v) is 12.6. The Morgan fingerprint density at radius 1 is 1.11 bits per heavy atom. The highest BCUT2D eigenvalue weighted by Crippen LogP contribution is 2.35. The van der Waals surface area contributed by atoms with Crippen LogP contribution >= 0.6 is 0 Å². The first kappa shape index (κ1) is 14.3. The molecule has 18 heavy (non-hydrogen) atoms. The lowest BCUT2D eigenvalue weighted by atomic mass is 9.76. The topological polar surface area (TPSA) is 12.5 Å². The molecule has 0 aromatic rings. The predicted octanol–water partition coefficient (Wildman–Crippen LogP) is 3.70. The van der Waals surface area contributed by atoms with Crippen LogP contribution in [0.15, 0.2) is 0 Å². The molecule has 2 heterocycles. The Hall–Kier alpha value is -0.0800. The third-order valence-electron chi connectivity index (χ3n) is 5.26. The van der Waals surface area contributed by atoms with Gasteiger partial charge in [-0.3, -0.25) is 4.90 Å². The Labute approximate surface area is 113 Å². The van der Waals surface area contributed by atoms with E-state index in [4.69, 9.17) is 4.74 Å². The lowest BCUT2D eigenvalue weighted by Gasteiger charge is -2.46. The number of hydrogen-bond acceptors (Lipinski definition) is 2. The van der Waals surface area contributed by atoms with Gasteiger partial charge in [0.15, 0.2) is 0 Å². The molecule has 0 aliphatic carbocycles. The fourth-order valence-corrected chi connectivity index (χ4v) is 3.59. The standard InChI is InChI=1S/C16H31NO/c1-4-16(2,3)15-7-5-6-10-17(15)13-14-8-11-18-12-9-14/h14-15H,4-13H2,1-3H3. The maximum Gasteiger partial charge on any atom is 0.0469 e. The summed E-state index contributed by atoms with van der Waals surface area (Å²) in [5.74, 6) is 0.881. The van der Waals surface area contributed by atoms with Gasteiger partial charge in [0, 0.05) is 25.8 Å². The second-order valence-electron chi connectivity index (χ2n) is 6.90. The number of nitrogens with zero attached hydrogens (tertiary/aromatic N) is 1. The fraction of sp³-hybridized carbons (Fsp3) is 1.00. The van der Waals surface area contributed by atoms with Crippen LogP contribution in [0.2, 0.25) is 0 Å². The lowest BCUT2D eigenvalue weighted by Crippen LogP contribution is -2.50. The molecule has 106 valence electrons. The molecule has 0 saturated carbocycles. The van der Waals surface area contributed by atoms with Gasteiger partial charge in [0.1, 0.15) is 0 Å². The SMILES string of the molecule is CCC(C)(C)C1CCCCN1CC1CCOCC1. The van der Waals surface area contributed by atoms with Gasteiger partial charge in [0.2, 0.25) is 0 Å². The van der Waals surface area contributed by atoms with Gasteiger partial charge in [0.25, 0.3) is 0 Å². The Bertz CT molecular complexity index is 245. The largest absolute Gasteiger partial charge is 0.381 e. The van der Waals surface area contributed by atoms with Crippen molar-refractivity contribution < 1.29 is 4.74 Å². The Morgan fingerprint density at radius 2 is 1.83 bits per heavy atom. The van der Waals surface area contributed by atoms with Crippen LogP contribution in [0, 0.1) is 11.3 Å². The van der Waals surface area contributed by atoms with Crippen LogP contribution in [-0.4, -0.2) is 37.2 Å². The van der Waals surface area contributed by atoms with Crippen LogP contribution in [0.5, 0.6) is 0 Å². The van der Waals surface area contributed by atoms with Crippen molar-refractivity contribution >= 4 is 0 Å². The van der Waals surface area contributed by atoms with E-state index in [1.54, 1.807) is 0 Å². The van der Waals surface area contributed by atoms with Crippen LogP contribution in [-0.2, 0) is 4.74 Å². The quantitative estimate of drug-likeness (QED) is 0.757.